The predicted molar refractivity (Wildman–Crippen MR) is 55.5 cm³/mol. The Morgan fingerprint density at radius 3 is 2.12 bits per heavy atom. The van der Waals surface area contributed by atoms with Crippen LogP contribution in [0.3, 0.4) is 0 Å². The Hall–Kier alpha value is -1.56. The van der Waals surface area contributed by atoms with Crippen molar-refractivity contribution in [2.45, 2.75) is 18.0 Å². The summed E-state index contributed by atoms with van der Waals surface area (Å²) in [5, 5.41) is 9.06. The lowest BCUT2D eigenvalue weighted by Crippen LogP contribution is -2.46. The maximum atomic E-state index is 12.5. The highest BCUT2D eigenvalue weighted by Crippen LogP contribution is 2.36. The molecule has 3 nitrogen and oxygen atoms in total. The monoisotopic (exact) mass is 247 g/mol. The summed E-state index contributed by atoms with van der Waals surface area (Å²) in [6.07, 6.45) is -6.07. The average molecular weight is 247 g/mol. The number of carbonyl (C=O) groups is 1. The van der Waals surface area contributed by atoms with Crippen molar-refractivity contribution in [2.24, 2.45) is 5.73 Å². The van der Waals surface area contributed by atoms with Gasteiger partial charge in [0, 0.05) is 6.54 Å². The van der Waals surface area contributed by atoms with Crippen LogP contribution in [0.2, 0.25) is 0 Å². The second-order valence-corrected chi connectivity index (χ2v) is 3.75. The smallest absolute Gasteiger partial charge is 0.390 e. The van der Waals surface area contributed by atoms with Crippen LogP contribution in [0.25, 0.3) is 0 Å². The Morgan fingerprint density at radius 1 is 1.24 bits per heavy atom. The molecular weight excluding hydrogens is 235 g/mol. The molecule has 0 saturated carbocycles. The lowest BCUT2D eigenvalue weighted by molar-refractivity contribution is -0.167. The summed E-state index contributed by atoms with van der Waals surface area (Å²) in [7, 11) is 0. The van der Waals surface area contributed by atoms with E-state index in [0.717, 1.165) is 0 Å². The molecule has 0 radical (unpaired) electrons. The summed E-state index contributed by atoms with van der Waals surface area (Å²) >= 11 is 0. The molecule has 0 saturated heterocycles. The summed E-state index contributed by atoms with van der Waals surface area (Å²) < 4.78 is 37.4. The minimum atomic E-state index is -4.59. The highest BCUT2D eigenvalue weighted by molar-refractivity contribution is 5.81. The summed E-state index contributed by atoms with van der Waals surface area (Å²) in [6, 6.07) is 7.25. The molecule has 1 aromatic rings. The van der Waals surface area contributed by atoms with E-state index in [4.69, 9.17) is 10.8 Å². The second-order valence-electron chi connectivity index (χ2n) is 3.75. The molecular formula is C11H12F3NO2. The predicted octanol–water partition coefficient (Wildman–Crippen LogP) is 1.92. The van der Waals surface area contributed by atoms with Crippen molar-refractivity contribution >= 4 is 5.97 Å². The number of nitrogens with two attached hydrogens (primary N) is 1. The van der Waals surface area contributed by atoms with E-state index in [0.29, 0.717) is 0 Å². The first kappa shape index (κ1) is 13.5. The van der Waals surface area contributed by atoms with Crippen LogP contribution in [-0.2, 0) is 10.2 Å². The number of aliphatic carboxylic acids is 1. The third-order valence-corrected chi connectivity index (χ3v) is 2.59. The van der Waals surface area contributed by atoms with Gasteiger partial charge in [-0.15, -0.1) is 0 Å². The van der Waals surface area contributed by atoms with Crippen molar-refractivity contribution in [1.82, 2.24) is 0 Å². The Labute approximate surface area is 96.0 Å². The summed E-state index contributed by atoms with van der Waals surface area (Å²) in [6.45, 7) is -0.605. The number of benzene rings is 1. The van der Waals surface area contributed by atoms with Crippen molar-refractivity contribution in [3.63, 3.8) is 0 Å². The van der Waals surface area contributed by atoms with E-state index in [1.165, 1.54) is 24.3 Å². The van der Waals surface area contributed by atoms with Gasteiger partial charge in [0.1, 0.15) is 5.41 Å². The van der Waals surface area contributed by atoms with Gasteiger partial charge in [0.25, 0.3) is 0 Å². The molecule has 1 aromatic carbocycles. The molecule has 6 heteroatoms. The highest BCUT2D eigenvalue weighted by Gasteiger charge is 2.48. The molecule has 1 atom stereocenters. The highest BCUT2D eigenvalue weighted by atomic mass is 19.4. The number of hydrogen-bond donors (Lipinski definition) is 2. The molecule has 1 unspecified atom stereocenters. The van der Waals surface area contributed by atoms with Crippen LogP contribution in [0.4, 0.5) is 13.2 Å². The average Bonchev–Trinajstić information content (AvgIpc) is 2.25. The minimum absolute atomic E-state index is 0.0623. The van der Waals surface area contributed by atoms with Crippen LogP contribution in [0, 0.1) is 0 Å². The number of halogens is 3. The van der Waals surface area contributed by atoms with Crippen LogP contribution in [-0.4, -0.2) is 23.8 Å². The van der Waals surface area contributed by atoms with Gasteiger partial charge >= 0.3 is 12.1 Å². The molecule has 17 heavy (non-hydrogen) atoms. The molecule has 0 bridgehead atoms. The van der Waals surface area contributed by atoms with Crippen molar-refractivity contribution in [3.05, 3.63) is 35.9 Å². The maximum absolute atomic E-state index is 12.5. The van der Waals surface area contributed by atoms with Crippen molar-refractivity contribution in [3.8, 4) is 0 Å². The Morgan fingerprint density at radius 2 is 1.76 bits per heavy atom. The van der Waals surface area contributed by atoms with Gasteiger partial charge in [0.15, 0.2) is 0 Å². The van der Waals surface area contributed by atoms with Crippen molar-refractivity contribution in [1.29, 1.82) is 0 Å². The lowest BCUT2D eigenvalue weighted by Gasteiger charge is -2.29. The number of rotatable bonds is 4. The fourth-order valence-electron chi connectivity index (χ4n) is 1.68. The van der Waals surface area contributed by atoms with Gasteiger partial charge in [0.2, 0.25) is 0 Å². The van der Waals surface area contributed by atoms with Crippen molar-refractivity contribution in [2.75, 3.05) is 6.54 Å². The van der Waals surface area contributed by atoms with Gasteiger partial charge in [-0.1, -0.05) is 30.3 Å². The fourth-order valence-corrected chi connectivity index (χ4v) is 1.68. The first-order valence-electron chi connectivity index (χ1n) is 4.87. The fraction of sp³-hybridized carbons (Fsp3) is 0.364. The number of carboxylic acid groups (broad SMARTS) is 1. The minimum Gasteiger partial charge on any atom is -0.481 e. The molecule has 0 amide bonds. The SMILES string of the molecule is NCC(CC(F)(F)F)(C(=O)O)c1ccccc1. The standard InChI is InChI=1S/C11H12F3NO2/c12-11(13,14)6-10(7-15,9(16)17)8-4-2-1-3-5-8/h1-5H,6-7,15H2,(H,16,17). The number of hydrogen-bond acceptors (Lipinski definition) is 2. The molecule has 0 fully saturated rings. The zero-order chi connectivity index (χ0) is 13.1. The van der Waals surface area contributed by atoms with Gasteiger partial charge < -0.3 is 10.8 Å². The maximum Gasteiger partial charge on any atom is 0.390 e. The summed E-state index contributed by atoms with van der Waals surface area (Å²) in [5.74, 6) is -1.57. The number of alkyl halides is 3. The quantitative estimate of drug-likeness (QED) is 0.854. The molecule has 0 heterocycles. The Kier molecular flexibility index (Phi) is 3.77. The molecule has 1 rings (SSSR count). The summed E-state index contributed by atoms with van der Waals surface area (Å²) in [4.78, 5) is 11.2. The van der Waals surface area contributed by atoms with E-state index in [9.17, 15) is 18.0 Å². The van der Waals surface area contributed by atoms with E-state index in [1.54, 1.807) is 6.07 Å². The van der Waals surface area contributed by atoms with E-state index >= 15 is 0 Å². The lowest BCUT2D eigenvalue weighted by atomic mass is 9.77. The first-order chi connectivity index (χ1) is 7.82. The summed E-state index contributed by atoms with van der Waals surface area (Å²) in [5.41, 5.74) is 3.22. The molecule has 0 aromatic heterocycles. The van der Waals surface area contributed by atoms with E-state index < -0.39 is 30.5 Å². The van der Waals surface area contributed by atoms with Gasteiger partial charge in [-0.25, -0.2) is 0 Å². The molecule has 94 valence electrons. The van der Waals surface area contributed by atoms with Gasteiger partial charge in [0.05, 0.1) is 6.42 Å². The van der Waals surface area contributed by atoms with Crippen LogP contribution in [0.15, 0.2) is 30.3 Å². The molecule has 0 aliphatic heterocycles. The Bertz CT molecular complexity index is 391. The van der Waals surface area contributed by atoms with Crippen LogP contribution in [0.5, 0.6) is 0 Å². The molecule has 3 N–H and O–H groups in total. The number of carboxylic acids is 1. The zero-order valence-electron chi connectivity index (χ0n) is 8.87. The second kappa shape index (κ2) is 4.75. The van der Waals surface area contributed by atoms with Gasteiger partial charge in [-0.2, -0.15) is 13.2 Å². The Balaban J connectivity index is 3.24. The van der Waals surface area contributed by atoms with Crippen LogP contribution in [0.1, 0.15) is 12.0 Å². The first-order valence-corrected chi connectivity index (χ1v) is 4.87. The van der Waals surface area contributed by atoms with Crippen molar-refractivity contribution < 1.29 is 23.1 Å². The van der Waals surface area contributed by atoms with Gasteiger partial charge in [-0.05, 0) is 5.56 Å². The van der Waals surface area contributed by atoms with Crippen LogP contribution < -0.4 is 5.73 Å². The van der Waals surface area contributed by atoms with E-state index in [1.807, 2.05) is 0 Å². The third-order valence-electron chi connectivity index (χ3n) is 2.59. The normalized spacial score (nSPS) is 15.3. The molecule has 0 aliphatic carbocycles. The van der Waals surface area contributed by atoms with E-state index in [2.05, 4.69) is 0 Å². The van der Waals surface area contributed by atoms with Gasteiger partial charge in [-0.3, -0.25) is 4.79 Å². The third kappa shape index (κ3) is 2.97. The largest absolute Gasteiger partial charge is 0.481 e. The topological polar surface area (TPSA) is 63.3 Å². The molecule has 0 aliphatic rings. The zero-order valence-corrected chi connectivity index (χ0v) is 8.87. The molecule has 0 spiro atoms. The van der Waals surface area contributed by atoms with Crippen LogP contribution >= 0.6 is 0 Å². The van der Waals surface area contributed by atoms with E-state index in [-0.39, 0.29) is 5.56 Å².